The van der Waals surface area contributed by atoms with Crippen LogP contribution in [0.3, 0.4) is 0 Å². The van der Waals surface area contributed by atoms with Crippen LogP contribution in [-0.4, -0.2) is 33.7 Å². The number of aryl methyl sites for hydroxylation is 1. The first-order chi connectivity index (χ1) is 20.8. The van der Waals surface area contributed by atoms with Crippen molar-refractivity contribution in [3.05, 3.63) is 134 Å². The maximum Gasteiger partial charge on any atom is 0.421 e. The van der Waals surface area contributed by atoms with E-state index >= 15 is 4.79 Å². The van der Waals surface area contributed by atoms with Gasteiger partial charge in [0.25, 0.3) is 11.9 Å². The maximum absolute atomic E-state index is 15.1. The minimum Gasteiger partial charge on any atom is -0.443 e. The summed E-state index contributed by atoms with van der Waals surface area (Å²) in [4.78, 5) is 42.1. The van der Waals surface area contributed by atoms with Crippen molar-refractivity contribution < 1.29 is 24.4 Å². The Morgan fingerprint density at radius 2 is 1.61 bits per heavy atom. The first-order valence-corrected chi connectivity index (χ1v) is 14.7. The Balaban J connectivity index is 1.67. The molecule has 0 aromatic heterocycles. The molecule has 4 atom stereocenters. The molecule has 224 valence electrons. The number of hydrogen-bond donors (Lipinski definition) is 1. The summed E-state index contributed by atoms with van der Waals surface area (Å²) in [6.07, 6.45) is -2.43. The molecular weight excluding hydrogens is 580 g/mol. The van der Waals surface area contributed by atoms with Crippen LogP contribution in [0.5, 0.6) is 0 Å². The molecule has 0 saturated heterocycles. The zero-order valence-electron chi connectivity index (χ0n) is 24.7. The molecule has 0 unspecified atom stereocenters. The third-order valence-corrected chi connectivity index (χ3v) is 8.69. The van der Waals surface area contributed by atoms with Gasteiger partial charge in [0.2, 0.25) is 0 Å². The molecule has 2 aliphatic rings. The molecule has 6 rings (SSSR count). The zero-order valence-corrected chi connectivity index (χ0v) is 25.4. The van der Waals surface area contributed by atoms with Gasteiger partial charge in [-0.15, -0.1) is 0 Å². The summed E-state index contributed by atoms with van der Waals surface area (Å²) in [6.45, 7) is 6.96. The van der Waals surface area contributed by atoms with Gasteiger partial charge in [-0.25, -0.2) is 9.69 Å². The SMILES string of the molecule is Cc1ccc2c(c1)[C@](c1ccc(-c3ccccc3)cc1)([C@H]1c3ccc(Cl)cc3[C@@H](O)[C@H]1[N+](=O)[O-])C(=O)N2C(=O)OC(C)(C)C. The normalized spacial score (nSPS) is 22.5. The van der Waals surface area contributed by atoms with Crippen LogP contribution in [0.1, 0.15) is 60.6 Å². The van der Waals surface area contributed by atoms with Gasteiger partial charge in [0, 0.05) is 9.95 Å². The number of benzene rings is 4. The smallest absolute Gasteiger partial charge is 0.421 e. The van der Waals surface area contributed by atoms with Gasteiger partial charge in [-0.1, -0.05) is 90.0 Å². The second-order valence-corrected chi connectivity index (χ2v) is 12.8. The Hall–Kier alpha value is -4.53. The van der Waals surface area contributed by atoms with Crippen LogP contribution in [0.15, 0.2) is 91.0 Å². The number of rotatable bonds is 4. The highest BCUT2D eigenvalue weighted by atomic mass is 35.5. The minimum atomic E-state index is -1.77. The first-order valence-electron chi connectivity index (χ1n) is 14.3. The highest BCUT2D eigenvalue weighted by molar-refractivity contribution is 6.30. The van der Waals surface area contributed by atoms with Crippen molar-refractivity contribution in [2.45, 2.75) is 56.8 Å². The standard InChI is InChI=1S/C35H31ClN2O6/c1-20-10-17-28-27(18-20)35(32(40)37(28)33(41)44-34(2,3)4,23-13-11-22(12-14-23)21-8-6-5-7-9-21)29-25-16-15-24(36)19-26(25)31(39)30(29)38(42)43/h5-19,29-31,39H,1-4H3/t29-,30-,31+,35+/m0/s1. The molecule has 1 aliphatic heterocycles. The first kappa shape index (κ1) is 29.5. The number of ether oxygens (including phenoxy) is 1. The van der Waals surface area contributed by atoms with Crippen LogP contribution in [0.25, 0.3) is 11.1 Å². The van der Waals surface area contributed by atoms with Crippen LogP contribution >= 0.6 is 11.6 Å². The molecule has 1 aliphatic carbocycles. The Morgan fingerprint density at radius 1 is 0.955 bits per heavy atom. The average Bonchev–Trinajstić information content (AvgIpc) is 3.40. The number of nitro groups is 1. The topological polar surface area (TPSA) is 110 Å². The summed E-state index contributed by atoms with van der Waals surface area (Å²) in [5, 5.41) is 24.6. The lowest BCUT2D eigenvalue weighted by molar-refractivity contribution is -0.538. The summed E-state index contributed by atoms with van der Waals surface area (Å²) in [6, 6.07) is 25.3. The third kappa shape index (κ3) is 4.57. The second kappa shape index (κ2) is 10.6. The summed E-state index contributed by atoms with van der Waals surface area (Å²) >= 11 is 6.29. The lowest BCUT2D eigenvalue weighted by atomic mass is 9.63. The molecule has 0 bridgehead atoms. The summed E-state index contributed by atoms with van der Waals surface area (Å²) in [5.74, 6) is -1.88. The molecule has 0 radical (unpaired) electrons. The Kier molecular flexibility index (Phi) is 7.10. The molecule has 0 fully saturated rings. The molecule has 0 saturated carbocycles. The Bertz CT molecular complexity index is 1800. The predicted molar refractivity (Wildman–Crippen MR) is 167 cm³/mol. The van der Waals surface area contributed by atoms with Gasteiger partial charge >= 0.3 is 6.09 Å². The van der Waals surface area contributed by atoms with Crippen molar-refractivity contribution in [1.29, 1.82) is 0 Å². The van der Waals surface area contributed by atoms with Gasteiger partial charge in [0.15, 0.2) is 0 Å². The molecule has 0 spiro atoms. The molecule has 4 aromatic rings. The number of fused-ring (bicyclic) bond motifs is 2. The third-order valence-electron chi connectivity index (χ3n) is 8.46. The number of hydrogen-bond acceptors (Lipinski definition) is 6. The van der Waals surface area contributed by atoms with E-state index in [0.717, 1.165) is 21.6 Å². The lowest BCUT2D eigenvalue weighted by Crippen LogP contribution is -2.51. The number of anilines is 1. The number of aliphatic hydroxyl groups is 1. The van der Waals surface area contributed by atoms with Crippen LogP contribution in [0.2, 0.25) is 5.02 Å². The van der Waals surface area contributed by atoms with Crippen LogP contribution in [-0.2, 0) is 14.9 Å². The molecular formula is C35H31ClN2O6. The van der Waals surface area contributed by atoms with Crippen LogP contribution in [0, 0.1) is 17.0 Å². The lowest BCUT2D eigenvalue weighted by Gasteiger charge is -2.36. The fourth-order valence-corrected chi connectivity index (χ4v) is 6.91. The predicted octanol–water partition coefficient (Wildman–Crippen LogP) is 7.36. The quantitative estimate of drug-likeness (QED) is 0.191. The van der Waals surface area contributed by atoms with Crippen molar-refractivity contribution in [3.63, 3.8) is 0 Å². The fraction of sp³-hybridized carbons (Fsp3) is 0.257. The number of halogens is 1. The van der Waals surface area contributed by atoms with E-state index in [-0.39, 0.29) is 11.3 Å². The molecule has 1 heterocycles. The summed E-state index contributed by atoms with van der Waals surface area (Å²) in [5.41, 5.74) is 1.79. The van der Waals surface area contributed by atoms with E-state index < -0.39 is 46.0 Å². The monoisotopic (exact) mass is 610 g/mol. The van der Waals surface area contributed by atoms with E-state index in [1.807, 2.05) is 49.4 Å². The van der Waals surface area contributed by atoms with Gasteiger partial charge in [0.1, 0.15) is 17.1 Å². The number of carbonyl (C=O) groups excluding carboxylic acids is 2. The molecule has 4 aromatic carbocycles. The maximum atomic E-state index is 15.1. The van der Waals surface area contributed by atoms with Gasteiger partial charge in [-0.3, -0.25) is 14.9 Å². The molecule has 9 heteroatoms. The van der Waals surface area contributed by atoms with E-state index in [2.05, 4.69) is 0 Å². The number of carbonyl (C=O) groups is 2. The summed E-state index contributed by atoms with van der Waals surface area (Å²) in [7, 11) is 0. The summed E-state index contributed by atoms with van der Waals surface area (Å²) < 4.78 is 5.69. The number of nitrogens with zero attached hydrogens (tertiary/aromatic N) is 2. The van der Waals surface area contributed by atoms with Crippen molar-refractivity contribution in [3.8, 4) is 11.1 Å². The van der Waals surface area contributed by atoms with E-state index in [0.29, 0.717) is 21.7 Å². The molecule has 1 N–H and O–H groups in total. The van der Waals surface area contributed by atoms with Crippen molar-refractivity contribution in [1.82, 2.24) is 0 Å². The van der Waals surface area contributed by atoms with Gasteiger partial charge in [-0.05, 0) is 79.3 Å². The Morgan fingerprint density at radius 3 is 2.25 bits per heavy atom. The molecule has 8 nitrogen and oxygen atoms in total. The number of amides is 2. The van der Waals surface area contributed by atoms with Gasteiger partial charge in [-0.2, -0.15) is 0 Å². The second-order valence-electron chi connectivity index (χ2n) is 12.4. The average molecular weight is 611 g/mol. The zero-order chi connectivity index (χ0) is 31.6. The fourth-order valence-electron chi connectivity index (χ4n) is 6.73. The number of imide groups is 1. The van der Waals surface area contributed by atoms with Crippen LogP contribution in [0.4, 0.5) is 10.5 Å². The van der Waals surface area contributed by atoms with Gasteiger partial charge < -0.3 is 9.84 Å². The molecule has 44 heavy (non-hydrogen) atoms. The van der Waals surface area contributed by atoms with E-state index in [1.54, 1.807) is 63.2 Å². The van der Waals surface area contributed by atoms with Crippen molar-refractivity contribution in [2.75, 3.05) is 4.90 Å². The number of aliphatic hydroxyl groups excluding tert-OH is 1. The van der Waals surface area contributed by atoms with E-state index in [1.165, 1.54) is 6.07 Å². The minimum absolute atomic E-state index is 0.279. The molecule has 2 amide bonds. The highest BCUT2D eigenvalue weighted by Gasteiger charge is 2.67. The van der Waals surface area contributed by atoms with Crippen molar-refractivity contribution in [2.24, 2.45) is 0 Å². The largest absolute Gasteiger partial charge is 0.443 e. The van der Waals surface area contributed by atoms with E-state index in [9.17, 15) is 20.0 Å². The van der Waals surface area contributed by atoms with Crippen molar-refractivity contribution >= 4 is 29.3 Å². The highest BCUT2D eigenvalue weighted by Crippen LogP contribution is 2.60. The Labute approximate surface area is 260 Å². The van der Waals surface area contributed by atoms with E-state index in [4.69, 9.17) is 16.3 Å². The van der Waals surface area contributed by atoms with Crippen LogP contribution < -0.4 is 4.90 Å². The van der Waals surface area contributed by atoms with Gasteiger partial charge in [0.05, 0.1) is 11.6 Å².